The van der Waals surface area contributed by atoms with Gasteiger partial charge in [0.25, 0.3) is 0 Å². The topological polar surface area (TPSA) is 36.0 Å². The van der Waals surface area contributed by atoms with Gasteiger partial charge in [-0.05, 0) is 29.5 Å². The highest BCUT2D eigenvalue weighted by molar-refractivity contribution is 9.10. The molecule has 0 aliphatic heterocycles. The highest BCUT2D eigenvalue weighted by Gasteiger charge is 2.12. The third-order valence-electron chi connectivity index (χ3n) is 2.90. The van der Waals surface area contributed by atoms with Crippen molar-refractivity contribution >= 4 is 26.8 Å². The van der Waals surface area contributed by atoms with Crippen LogP contribution in [0.4, 0.5) is 0 Å². The molecule has 16 heavy (non-hydrogen) atoms. The summed E-state index contributed by atoms with van der Waals surface area (Å²) in [5.41, 5.74) is 3.68. The monoisotopic (exact) mass is 281 g/mol. The molecule has 0 atom stereocenters. The Kier molecular flexibility index (Phi) is 3.36. The van der Waals surface area contributed by atoms with Crippen LogP contribution in [0, 0.1) is 0 Å². The molecule has 1 heterocycles. The second-order valence-corrected chi connectivity index (χ2v) is 5.18. The van der Waals surface area contributed by atoms with Gasteiger partial charge < -0.3 is 10.1 Å². The Labute approximate surface area is 104 Å². The van der Waals surface area contributed by atoms with Gasteiger partial charge >= 0.3 is 0 Å². The van der Waals surface area contributed by atoms with Crippen LogP contribution < -0.4 is 0 Å². The van der Waals surface area contributed by atoms with Gasteiger partial charge in [0.15, 0.2) is 0 Å². The lowest BCUT2D eigenvalue weighted by atomic mass is 9.99. The number of hydrogen-bond acceptors (Lipinski definition) is 1. The van der Waals surface area contributed by atoms with Crippen LogP contribution >= 0.6 is 15.9 Å². The highest BCUT2D eigenvalue weighted by Crippen LogP contribution is 2.32. The van der Waals surface area contributed by atoms with Crippen molar-refractivity contribution in [3.63, 3.8) is 0 Å². The Bertz CT molecular complexity index is 502. The minimum atomic E-state index is 0.186. The summed E-state index contributed by atoms with van der Waals surface area (Å²) in [6.07, 6.45) is 2.69. The van der Waals surface area contributed by atoms with E-state index < -0.39 is 0 Å². The molecule has 0 aliphatic carbocycles. The molecule has 0 saturated carbocycles. The van der Waals surface area contributed by atoms with Crippen LogP contribution in [-0.4, -0.2) is 16.7 Å². The van der Waals surface area contributed by atoms with Gasteiger partial charge in [0.2, 0.25) is 0 Å². The van der Waals surface area contributed by atoms with Crippen LogP contribution in [0.2, 0.25) is 0 Å². The number of aliphatic hydroxyl groups excluding tert-OH is 1. The third kappa shape index (κ3) is 1.89. The molecule has 86 valence electrons. The van der Waals surface area contributed by atoms with E-state index in [1.165, 1.54) is 22.0 Å². The third-order valence-corrected chi connectivity index (χ3v) is 3.56. The van der Waals surface area contributed by atoms with Gasteiger partial charge in [-0.3, -0.25) is 0 Å². The number of fused-ring (bicyclic) bond motifs is 1. The van der Waals surface area contributed by atoms with Gasteiger partial charge in [-0.2, -0.15) is 0 Å². The van der Waals surface area contributed by atoms with Crippen molar-refractivity contribution in [2.24, 2.45) is 0 Å². The number of hydrogen-bond donors (Lipinski definition) is 2. The Morgan fingerprint density at radius 1 is 1.38 bits per heavy atom. The van der Waals surface area contributed by atoms with Gasteiger partial charge in [0.1, 0.15) is 0 Å². The molecular formula is C13H16BrNO. The molecule has 2 nitrogen and oxygen atoms in total. The SMILES string of the molecule is CC(C)c1ccc(Br)c2c(CCO)c[nH]c12. The molecule has 0 amide bonds. The number of benzene rings is 1. The Hall–Kier alpha value is -0.800. The van der Waals surface area contributed by atoms with Crippen LogP contribution in [0.1, 0.15) is 30.9 Å². The molecule has 0 aliphatic rings. The minimum Gasteiger partial charge on any atom is -0.396 e. The second-order valence-electron chi connectivity index (χ2n) is 4.33. The maximum Gasteiger partial charge on any atom is 0.0503 e. The first-order valence-corrected chi connectivity index (χ1v) is 6.33. The van der Waals surface area contributed by atoms with Crippen molar-refractivity contribution in [3.05, 3.63) is 33.9 Å². The molecule has 0 spiro atoms. The predicted octanol–water partition coefficient (Wildman–Crippen LogP) is 3.59. The minimum absolute atomic E-state index is 0.186. The lowest BCUT2D eigenvalue weighted by Gasteiger charge is -2.08. The van der Waals surface area contributed by atoms with E-state index in [0.29, 0.717) is 12.3 Å². The van der Waals surface area contributed by atoms with E-state index in [9.17, 15) is 0 Å². The van der Waals surface area contributed by atoms with Gasteiger partial charge in [0, 0.05) is 22.7 Å². The molecule has 3 heteroatoms. The first-order chi connectivity index (χ1) is 7.65. The number of aromatic amines is 1. The summed E-state index contributed by atoms with van der Waals surface area (Å²) in [5, 5.41) is 10.2. The molecular weight excluding hydrogens is 266 g/mol. The lowest BCUT2D eigenvalue weighted by molar-refractivity contribution is 0.300. The van der Waals surface area contributed by atoms with Gasteiger partial charge in [-0.1, -0.05) is 35.8 Å². The fourth-order valence-electron chi connectivity index (χ4n) is 2.09. The zero-order chi connectivity index (χ0) is 11.7. The van der Waals surface area contributed by atoms with Crippen molar-refractivity contribution in [3.8, 4) is 0 Å². The summed E-state index contributed by atoms with van der Waals surface area (Å²) >= 11 is 3.58. The average Bonchev–Trinajstić information content (AvgIpc) is 2.63. The van der Waals surface area contributed by atoms with Crippen molar-refractivity contribution in [1.29, 1.82) is 0 Å². The Morgan fingerprint density at radius 2 is 2.12 bits per heavy atom. The van der Waals surface area contributed by atoms with Crippen molar-refractivity contribution in [2.75, 3.05) is 6.61 Å². The number of H-pyrrole nitrogens is 1. The van der Waals surface area contributed by atoms with Crippen LogP contribution in [0.25, 0.3) is 10.9 Å². The number of nitrogens with one attached hydrogen (secondary N) is 1. The molecule has 0 bridgehead atoms. The standard InChI is InChI=1S/C13H16BrNO/c1-8(2)10-3-4-11(14)12-9(5-6-16)7-15-13(10)12/h3-4,7-8,15-16H,5-6H2,1-2H3. The highest BCUT2D eigenvalue weighted by atomic mass is 79.9. The largest absolute Gasteiger partial charge is 0.396 e. The summed E-state index contributed by atoms with van der Waals surface area (Å²) in [5.74, 6) is 0.497. The fourth-order valence-corrected chi connectivity index (χ4v) is 2.68. The van der Waals surface area contributed by atoms with E-state index in [1.807, 2.05) is 6.20 Å². The Balaban J connectivity index is 2.68. The second kappa shape index (κ2) is 4.60. The molecule has 0 saturated heterocycles. The van der Waals surface area contributed by atoms with Crippen LogP contribution in [0.3, 0.4) is 0 Å². The van der Waals surface area contributed by atoms with Crippen LogP contribution in [0.15, 0.2) is 22.8 Å². The zero-order valence-corrected chi connectivity index (χ0v) is 11.1. The van der Waals surface area contributed by atoms with E-state index in [-0.39, 0.29) is 6.61 Å². The number of halogens is 1. The average molecular weight is 282 g/mol. The lowest BCUT2D eigenvalue weighted by Crippen LogP contribution is -1.91. The number of aromatic nitrogens is 1. The fraction of sp³-hybridized carbons (Fsp3) is 0.385. The van der Waals surface area contributed by atoms with Gasteiger partial charge in [0.05, 0.1) is 5.52 Å². The number of rotatable bonds is 3. The summed E-state index contributed by atoms with van der Waals surface area (Å²) in [6.45, 7) is 4.57. The van der Waals surface area contributed by atoms with Crippen molar-refractivity contribution in [1.82, 2.24) is 4.98 Å². The molecule has 0 unspecified atom stereocenters. The quantitative estimate of drug-likeness (QED) is 0.886. The van der Waals surface area contributed by atoms with E-state index in [1.54, 1.807) is 0 Å². The molecule has 0 fully saturated rings. The summed E-state index contributed by atoms with van der Waals surface area (Å²) in [7, 11) is 0. The number of aliphatic hydroxyl groups is 1. The van der Waals surface area contributed by atoms with Crippen molar-refractivity contribution < 1.29 is 5.11 Å². The summed E-state index contributed by atoms with van der Waals surface area (Å²) in [6, 6.07) is 4.24. The van der Waals surface area contributed by atoms with Crippen molar-refractivity contribution in [2.45, 2.75) is 26.2 Å². The predicted molar refractivity (Wildman–Crippen MR) is 70.9 cm³/mol. The maximum absolute atomic E-state index is 9.04. The molecule has 1 aromatic heterocycles. The molecule has 2 aromatic rings. The first-order valence-electron chi connectivity index (χ1n) is 5.54. The van der Waals surface area contributed by atoms with E-state index in [4.69, 9.17) is 5.11 Å². The van der Waals surface area contributed by atoms with E-state index in [0.717, 1.165) is 4.47 Å². The van der Waals surface area contributed by atoms with Gasteiger partial charge in [-0.15, -0.1) is 0 Å². The maximum atomic E-state index is 9.04. The van der Waals surface area contributed by atoms with Gasteiger partial charge in [-0.25, -0.2) is 0 Å². The molecule has 2 N–H and O–H groups in total. The Morgan fingerprint density at radius 3 is 2.75 bits per heavy atom. The molecule has 0 radical (unpaired) electrons. The summed E-state index contributed by atoms with van der Waals surface area (Å²) < 4.78 is 1.09. The van der Waals surface area contributed by atoms with E-state index >= 15 is 0 Å². The van der Waals surface area contributed by atoms with Crippen LogP contribution in [0.5, 0.6) is 0 Å². The summed E-state index contributed by atoms with van der Waals surface area (Å²) in [4.78, 5) is 3.32. The molecule has 1 aromatic carbocycles. The zero-order valence-electron chi connectivity index (χ0n) is 9.55. The molecule has 2 rings (SSSR count). The van der Waals surface area contributed by atoms with E-state index in [2.05, 4.69) is 46.9 Å². The van der Waals surface area contributed by atoms with Crippen LogP contribution in [-0.2, 0) is 6.42 Å². The normalized spacial score (nSPS) is 11.6. The first kappa shape index (κ1) is 11.7. The smallest absolute Gasteiger partial charge is 0.0503 e.